The van der Waals surface area contributed by atoms with Gasteiger partial charge in [-0.1, -0.05) is 31.9 Å². The molecular formula is C10H14Cl2N2O2. The monoisotopic (exact) mass is 264 g/mol. The average Bonchev–Trinajstić information content (AvgIpc) is 2.28. The summed E-state index contributed by atoms with van der Waals surface area (Å²) in [6.45, 7) is 3.80. The molecule has 0 amide bonds. The summed E-state index contributed by atoms with van der Waals surface area (Å²) < 4.78 is 1.12. The SMILES string of the molecule is CCCc1c(Cl)[n+](=O)c(CCC)c(Cl)n1[O-]. The zero-order valence-electron chi connectivity index (χ0n) is 9.30. The number of halogens is 2. The Bertz CT molecular complexity index is 443. The van der Waals surface area contributed by atoms with Gasteiger partial charge in [-0.2, -0.15) is 0 Å². The van der Waals surface area contributed by atoms with E-state index < -0.39 is 0 Å². The third kappa shape index (κ3) is 2.33. The van der Waals surface area contributed by atoms with E-state index in [1.54, 1.807) is 0 Å². The predicted molar refractivity (Wildman–Crippen MR) is 64.6 cm³/mol. The van der Waals surface area contributed by atoms with E-state index >= 15 is 0 Å². The Morgan fingerprint density at radius 2 is 1.81 bits per heavy atom. The van der Waals surface area contributed by atoms with Gasteiger partial charge in [0.1, 0.15) is 5.69 Å². The molecule has 4 nitrogen and oxygen atoms in total. The highest BCUT2D eigenvalue weighted by Crippen LogP contribution is 2.21. The summed E-state index contributed by atoms with van der Waals surface area (Å²) in [5.41, 5.74) is 0.480. The topological polar surface area (TPSA) is 51.0 Å². The maximum Gasteiger partial charge on any atom is 0.350 e. The first-order chi connectivity index (χ1) is 7.54. The summed E-state index contributed by atoms with van der Waals surface area (Å²) in [6.07, 6.45) is 2.34. The molecule has 0 bridgehead atoms. The molecule has 0 aliphatic rings. The number of hydrogen-bond acceptors (Lipinski definition) is 2. The van der Waals surface area contributed by atoms with Crippen molar-refractivity contribution in [3.63, 3.8) is 0 Å². The van der Waals surface area contributed by atoms with Gasteiger partial charge < -0.3 is 9.94 Å². The molecule has 0 radical (unpaired) electrons. The van der Waals surface area contributed by atoms with Gasteiger partial charge in [0.05, 0.1) is 4.43 Å². The highest BCUT2D eigenvalue weighted by atomic mass is 35.5. The van der Waals surface area contributed by atoms with Crippen LogP contribution in [0, 0.1) is 10.1 Å². The number of aromatic nitrogens is 2. The lowest BCUT2D eigenvalue weighted by Gasteiger charge is -2.17. The van der Waals surface area contributed by atoms with Crippen molar-refractivity contribution in [2.75, 3.05) is 0 Å². The quantitative estimate of drug-likeness (QED) is 0.786. The van der Waals surface area contributed by atoms with Crippen LogP contribution in [0.25, 0.3) is 0 Å². The number of rotatable bonds is 4. The van der Waals surface area contributed by atoms with Crippen molar-refractivity contribution >= 4 is 23.2 Å². The lowest BCUT2D eigenvalue weighted by atomic mass is 10.2. The van der Waals surface area contributed by atoms with Gasteiger partial charge >= 0.3 is 5.15 Å². The molecule has 16 heavy (non-hydrogen) atoms. The lowest BCUT2D eigenvalue weighted by Crippen LogP contribution is -2.28. The van der Waals surface area contributed by atoms with Crippen molar-refractivity contribution in [1.82, 2.24) is 4.73 Å². The van der Waals surface area contributed by atoms with E-state index in [1.165, 1.54) is 0 Å². The van der Waals surface area contributed by atoms with Gasteiger partial charge in [-0.3, -0.25) is 0 Å². The van der Waals surface area contributed by atoms with Crippen molar-refractivity contribution < 1.29 is 4.43 Å². The molecule has 0 unspecified atom stereocenters. The van der Waals surface area contributed by atoms with Gasteiger partial charge in [0.2, 0.25) is 0 Å². The van der Waals surface area contributed by atoms with Crippen molar-refractivity contribution in [3.05, 3.63) is 31.8 Å². The molecule has 1 aromatic heterocycles. The summed E-state index contributed by atoms with van der Waals surface area (Å²) >= 11 is 11.7. The second-order valence-corrected chi connectivity index (χ2v) is 4.28. The zero-order valence-corrected chi connectivity index (χ0v) is 10.8. The van der Waals surface area contributed by atoms with E-state index in [-0.39, 0.29) is 21.7 Å². The van der Waals surface area contributed by atoms with Crippen LogP contribution in [0.15, 0.2) is 0 Å². The van der Waals surface area contributed by atoms with Gasteiger partial charge in [-0.25, -0.2) is 0 Å². The molecule has 0 saturated heterocycles. The largest absolute Gasteiger partial charge is 0.804 e. The van der Waals surface area contributed by atoms with Crippen LogP contribution in [0.4, 0.5) is 0 Å². The predicted octanol–water partition coefficient (Wildman–Crippen LogP) is 2.96. The fourth-order valence-electron chi connectivity index (χ4n) is 1.52. The molecule has 1 heterocycles. The van der Waals surface area contributed by atoms with Crippen molar-refractivity contribution in [2.24, 2.45) is 0 Å². The first kappa shape index (κ1) is 13.3. The smallest absolute Gasteiger partial charge is 0.350 e. The molecule has 1 rings (SSSR count). The number of hydrogen-bond donors (Lipinski definition) is 0. The molecular weight excluding hydrogens is 251 g/mol. The highest BCUT2D eigenvalue weighted by Gasteiger charge is 2.23. The Morgan fingerprint density at radius 3 is 2.31 bits per heavy atom. The van der Waals surface area contributed by atoms with Gasteiger partial charge in [0, 0.05) is 11.3 Å². The summed E-state index contributed by atoms with van der Waals surface area (Å²) in [6, 6.07) is 0. The molecule has 0 aliphatic carbocycles. The Labute approximate surface area is 104 Å². The molecule has 90 valence electrons. The maximum absolute atomic E-state index is 11.8. The van der Waals surface area contributed by atoms with E-state index in [2.05, 4.69) is 0 Å². The summed E-state index contributed by atoms with van der Waals surface area (Å²) in [5, 5.41) is 11.6. The van der Waals surface area contributed by atoms with Gasteiger partial charge in [0.25, 0.3) is 5.69 Å². The summed E-state index contributed by atoms with van der Waals surface area (Å²) in [4.78, 5) is 11.8. The zero-order chi connectivity index (χ0) is 12.3. The van der Waals surface area contributed by atoms with E-state index in [1.807, 2.05) is 13.8 Å². The van der Waals surface area contributed by atoms with Crippen LogP contribution >= 0.6 is 23.2 Å². The van der Waals surface area contributed by atoms with Crippen LogP contribution in [0.5, 0.6) is 0 Å². The Hall–Kier alpha value is -0.740. The third-order valence-electron chi connectivity index (χ3n) is 2.30. The van der Waals surface area contributed by atoms with E-state index in [0.717, 1.165) is 12.8 Å². The van der Waals surface area contributed by atoms with E-state index in [9.17, 15) is 10.1 Å². The average molecular weight is 265 g/mol. The van der Waals surface area contributed by atoms with Crippen molar-refractivity contribution in [3.8, 4) is 0 Å². The van der Waals surface area contributed by atoms with Crippen LogP contribution in [-0.4, -0.2) is 4.73 Å². The molecule has 0 N–H and O–H groups in total. The fraction of sp³-hybridized carbons (Fsp3) is 0.600. The normalized spacial score (nSPS) is 10.8. The van der Waals surface area contributed by atoms with Crippen molar-refractivity contribution in [1.29, 1.82) is 0 Å². The molecule has 0 atom stereocenters. The van der Waals surface area contributed by atoms with E-state index in [0.29, 0.717) is 22.0 Å². The van der Waals surface area contributed by atoms with Crippen LogP contribution in [0.2, 0.25) is 10.3 Å². The van der Waals surface area contributed by atoms with Crippen molar-refractivity contribution in [2.45, 2.75) is 39.5 Å². The van der Waals surface area contributed by atoms with E-state index in [4.69, 9.17) is 23.2 Å². The lowest BCUT2D eigenvalue weighted by molar-refractivity contribution is -0.503. The minimum atomic E-state index is -0.0651. The highest BCUT2D eigenvalue weighted by molar-refractivity contribution is 6.31. The molecule has 0 aliphatic heterocycles. The molecule has 6 heteroatoms. The Morgan fingerprint density at radius 1 is 1.25 bits per heavy atom. The molecule has 0 saturated carbocycles. The summed E-state index contributed by atoms with van der Waals surface area (Å²) in [7, 11) is 0. The minimum absolute atomic E-state index is 0.0651. The molecule has 1 aromatic rings. The molecule has 0 spiro atoms. The standard InChI is InChI=1S/C10H14Cl2N2O2/c1-3-5-7-9(11)14(16)8(6-4-2)10(12)13(7)15/h3-6H2,1-2H3. The molecule has 0 fully saturated rings. The Balaban J connectivity index is 3.44. The van der Waals surface area contributed by atoms with Crippen LogP contribution in [-0.2, 0) is 12.8 Å². The minimum Gasteiger partial charge on any atom is -0.804 e. The van der Waals surface area contributed by atoms with Gasteiger partial charge in [0.15, 0.2) is 5.15 Å². The second-order valence-electron chi connectivity index (χ2n) is 3.56. The van der Waals surface area contributed by atoms with Crippen LogP contribution in [0.1, 0.15) is 38.1 Å². The van der Waals surface area contributed by atoms with Gasteiger partial charge in [-0.15, -0.1) is 0 Å². The molecule has 0 aromatic carbocycles. The first-order valence-electron chi connectivity index (χ1n) is 5.26. The fourth-order valence-corrected chi connectivity index (χ4v) is 2.07. The van der Waals surface area contributed by atoms with Crippen LogP contribution in [0.3, 0.4) is 0 Å². The third-order valence-corrected chi connectivity index (χ3v) is 3.04. The van der Waals surface area contributed by atoms with Crippen LogP contribution < -0.4 is 4.43 Å². The number of nitrogens with zero attached hydrogens (tertiary/aromatic N) is 2. The maximum atomic E-state index is 11.8. The van der Waals surface area contributed by atoms with Gasteiger partial charge in [-0.05, 0) is 24.4 Å². The Kier molecular flexibility index (Phi) is 4.62. The second kappa shape index (κ2) is 5.55. The summed E-state index contributed by atoms with van der Waals surface area (Å²) in [5.74, 6) is 0. The first-order valence-corrected chi connectivity index (χ1v) is 6.01.